The molecule has 0 spiro atoms. The summed E-state index contributed by atoms with van der Waals surface area (Å²) in [7, 11) is 4.72. The Morgan fingerprint density at radius 2 is 1.65 bits per heavy atom. The quantitative estimate of drug-likeness (QED) is 0.707. The van der Waals surface area contributed by atoms with E-state index < -0.39 is 5.92 Å². The molecular weight excluding hydrogens is 328 g/mol. The van der Waals surface area contributed by atoms with Gasteiger partial charge in [0, 0.05) is 5.57 Å². The third-order valence-electron chi connectivity index (χ3n) is 3.99. The van der Waals surface area contributed by atoms with Gasteiger partial charge < -0.3 is 14.2 Å². The molecule has 5 heteroatoms. The van der Waals surface area contributed by atoms with Gasteiger partial charge in [0.25, 0.3) is 0 Å². The number of allylic oxidation sites excluding steroid dienone is 1. The summed E-state index contributed by atoms with van der Waals surface area (Å²) in [6.45, 7) is 0. The van der Waals surface area contributed by atoms with Gasteiger partial charge in [0.2, 0.25) is 0 Å². The van der Waals surface area contributed by atoms with Crippen LogP contribution in [0.15, 0.2) is 48.0 Å². The first-order valence-corrected chi connectivity index (χ1v) is 8.01. The number of hydrogen-bond acceptors (Lipinski definition) is 5. The zero-order valence-corrected chi connectivity index (χ0v) is 15.0. The molecule has 0 N–H and O–H groups in total. The molecule has 1 unspecified atom stereocenters. The van der Waals surface area contributed by atoms with E-state index in [-0.39, 0.29) is 0 Å². The fourth-order valence-corrected chi connectivity index (χ4v) is 2.56. The first-order chi connectivity index (χ1) is 12.6. The molecule has 0 heterocycles. The normalized spacial score (nSPS) is 11.8. The highest BCUT2D eigenvalue weighted by molar-refractivity contribution is 5.62. The highest BCUT2D eigenvalue weighted by atomic mass is 16.5. The van der Waals surface area contributed by atoms with E-state index >= 15 is 0 Å². The topological polar surface area (TPSA) is 75.3 Å². The molecule has 0 aliphatic rings. The zero-order valence-electron chi connectivity index (χ0n) is 15.0. The number of hydrogen-bond donors (Lipinski definition) is 0. The molecule has 0 radical (unpaired) electrons. The van der Waals surface area contributed by atoms with Crippen molar-refractivity contribution in [1.82, 2.24) is 0 Å². The summed E-state index contributed by atoms with van der Waals surface area (Å²) < 4.78 is 15.6. The summed E-state index contributed by atoms with van der Waals surface area (Å²) in [5.41, 5.74) is 2.13. The number of methoxy groups -OCH3 is 3. The lowest BCUT2D eigenvalue weighted by atomic mass is 9.92. The number of rotatable bonds is 7. The number of ether oxygens (including phenoxy) is 3. The van der Waals surface area contributed by atoms with Gasteiger partial charge in [-0.25, -0.2) is 0 Å². The van der Waals surface area contributed by atoms with Gasteiger partial charge in [0.15, 0.2) is 11.5 Å². The van der Waals surface area contributed by atoms with Gasteiger partial charge in [0.1, 0.15) is 5.75 Å². The first-order valence-electron chi connectivity index (χ1n) is 8.01. The number of benzene rings is 2. The predicted octanol–water partition coefficient (Wildman–Crippen LogP) is 4.00. The van der Waals surface area contributed by atoms with E-state index in [1.165, 1.54) is 0 Å². The maximum Gasteiger partial charge on any atom is 0.161 e. The molecule has 0 fully saturated rings. The summed E-state index contributed by atoms with van der Waals surface area (Å²) in [5.74, 6) is 1.39. The van der Waals surface area contributed by atoms with Crippen molar-refractivity contribution >= 4 is 6.08 Å². The van der Waals surface area contributed by atoms with Crippen LogP contribution in [-0.4, -0.2) is 21.3 Å². The summed E-state index contributed by atoms with van der Waals surface area (Å²) in [4.78, 5) is 0. The smallest absolute Gasteiger partial charge is 0.161 e. The van der Waals surface area contributed by atoms with Crippen molar-refractivity contribution < 1.29 is 14.2 Å². The molecule has 2 aromatic carbocycles. The minimum atomic E-state index is -0.540. The van der Waals surface area contributed by atoms with Crippen LogP contribution in [0.5, 0.6) is 17.2 Å². The Kier molecular flexibility index (Phi) is 6.65. The van der Waals surface area contributed by atoms with Crippen LogP contribution in [0.1, 0.15) is 11.1 Å². The summed E-state index contributed by atoms with van der Waals surface area (Å²) in [6.07, 6.45) is 2.16. The molecule has 0 aliphatic carbocycles. The minimum absolute atomic E-state index is 0.399. The van der Waals surface area contributed by atoms with Crippen LogP contribution in [0, 0.1) is 28.6 Å². The fraction of sp³-hybridized carbons (Fsp3) is 0.238. The molecule has 0 bridgehead atoms. The van der Waals surface area contributed by atoms with Gasteiger partial charge in [-0.3, -0.25) is 0 Å². The van der Waals surface area contributed by atoms with Crippen molar-refractivity contribution in [2.75, 3.05) is 21.3 Å². The van der Waals surface area contributed by atoms with E-state index in [1.54, 1.807) is 39.5 Å². The largest absolute Gasteiger partial charge is 0.497 e. The Bertz CT molecular complexity index is 858. The van der Waals surface area contributed by atoms with Crippen molar-refractivity contribution in [3.63, 3.8) is 0 Å². The van der Waals surface area contributed by atoms with Gasteiger partial charge in [-0.15, -0.1) is 0 Å². The van der Waals surface area contributed by atoms with E-state index in [1.807, 2.05) is 30.3 Å². The molecule has 2 aromatic rings. The van der Waals surface area contributed by atoms with Crippen LogP contribution in [0.25, 0.3) is 6.08 Å². The number of nitriles is 2. The van der Waals surface area contributed by atoms with Gasteiger partial charge in [-0.1, -0.05) is 18.2 Å². The summed E-state index contributed by atoms with van der Waals surface area (Å²) in [5, 5.41) is 19.1. The molecule has 0 saturated heterocycles. The zero-order chi connectivity index (χ0) is 18.9. The van der Waals surface area contributed by atoms with E-state index in [2.05, 4.69) is 12.1 Å². The van der Waals surface area contributed by atoms with Crippen LogP contribution in [0.2, 0.25) is 0 Å². The molecule has 0 aliphatic heterocycles. The van der Waals surface area contributed by atoms with Crippen LogP contribution >= 0.6 is 0 Å². The average Bonchev–Trinajstić information content (AvgIpc) is 2.70. The first kappa shape index (κ1) is 18.9. The van der Waals surface area contributed by atoms with Crippen LogP contribution in [-0.2, 0) is 6.42 Å². The summed E-state index contributed by atoms with van der Waals surface area (Å²) >= 11 is 0. The maximum absolute atomic E-state index is 9.54. The lowest BCUT2D eigenvalue weighted by Crippen LogP contribution is -2.05. The second-order valence-electron chi connectivity index (χ2n) is 5.56. The van der Waals surface area contributed by atoms with Crippen LogP contribution in [0.3, 0.4) is 0 Å². The summed E-state index contributed by atoms with van der Waals surface area (Å²) in [6, 6.07) is 17.2. The van der Waals surface area contributed by atoms with E-state index in [4.69, 9.17) is 14.2 Å². The average molecular weight is 348 g/mol. The van der Waals surface area contributed by atoms with Gasteiger partial charge >= 0.3 is 0 Å². The van der Waals surface area contributed by atoms with Crippen molar-refractivity contribution in [3.8, 4) is 29.4 Å². The Labute approximate surface area is 153 Å². The molecule has 0 aromatic heterocycles. The van der Waals surface area contributed by atoms with Crippen molar-refractivity contribution in [2.45, 2.75) is 6.42 Å². The fourth-order valence-electron chi connectivity index (χ4n) is 2.56. The second kappa shape index (κ2) is 9.15. The molecule has 5 nitrogen and oxygen atoms in total. The van der Waals surface area contributed by atoms with Crippen molar-refractivity contribution in [2.24, 2.45) is 5.92 Å². The molecule has 132 valence electrons. The predicted molar refractivity (Wildman–Crippen MR) is 98.9 cm³/mol. The Morgan fingerprint density at radius 1 is 0.962 bits per heavy atom. The minimum Gasteiger partial charge on any atom is -0.497 e. The van der Waals surface area contributed by atoms with Gasteiger partial charge in [-0.2, -0.15) is 10.5 Å². The Hall–Kier alpha value is -3.44. The maximum atomic E-state index is 9.54. The van der Waals surface area contributed by atoms with Crippen molar-refractivity contribution in [3.05, 3.63) is 59.2 Å². The Morgan fingerprint density at radius 3 is 2.19 bits per heavy atom. The molecule has 1 atom stereocenters. The van der Waals surface area contributed by atoms with E-state index in [0.29, 0.717) is 23.5 Å². The van der Waals surface area contributed by atoms with Crippen LogP contribution in [0.4, 0.5) is 0 Å². The van der Waals surface area contributed by atoms with Gasteiger partial charge in [-0.05, 0) is 47.9 Å². The lowest BCUT2D eigenvalue weighted by Gasteiger charge is -2.10. The highest BCUT2D eigenvalue weighted by Crippen LogP contribution is 2.29. The third-order valence-corrected chi connectivity index (χ3v) is 3.99. The lowest BCUT2D eigenvalue weighted by molar-refractivity contribution is 0.355. The van der Waals surface area contributed by atoms with E-state index in [0.717, 1.165) is 16.9 Å². The van der Waals surface area contributed by atoms with Crippen molar-refractivity contribution in [1.29, 1.82) is 10.5 Å². The molecule has 26 heavy (non-hydrogen) atoms. The van der Waals surface area contributed by atoms with E-state index in [9.17, 15) is 10.5 Å². The molecule has 0 saturated carbocycles. The van der Waals surface area contributed by atoms with Gasteiger partial charge in [0.05, 0.1) is 39.4 Å². The monoisotopic (exact) mass is 348 g/mol. The number of nitrogens with zero attached hydrogens (tertiary/aromatic N) is 2. The second-order valence-corrected chi connectivity index (χ2v) is 5.56. The molecule has 0 amide bonds. The SMILES string of the molecule is COc1ccc(CC(C#N)C(C#N)=Cc2ccc(OC)c(OC)c2)cc1. The molecular formula is C21H20N2O3. The van der Waals surface area contributed by atoms with Crippen LogP contribution < -0.4 is 14.2 Å². The highest BCUT2D eigenvalue weighted by Gasteiger charge is 2.15. The third kappa shape index (κ3) is 4.55. The molecule has 2 rings (SSSR count). The standard InChI is InChI=1S/C21H20N2O3/c1-24-19-7-4-15(5-8-19)10-17(13-22)18(14-23)11-16-6-9-20(25-2)21(12-16)26-3/h4-9,11-12,17H,10H2,1-3H3. The Balaban J connectivity index is 2.27.